The highest BCUT2D eigenvalue weighted by Crippen LogP contribution is 2.37. The second-order valence-corrected chi connectivity index (χ2v) is 5.26. The van der Waals surface area contributed by atoms with E-state index in [9.17, 15) is 9.59 Å². The Morgan fingerprint density at radius 3 is 2.53 bits per heavy atom. The number of nitrogens with one attached hydrogen (secondary N) is 1. The van der Waals surface area contributed by atoms with Gasteiger partial charge < -0.3 is 10.1 Å². The predicted molar refractivity (Wildman–Crippen MR) is 63.2 cm³/mol. The zero-order valence-corrected chi connectivity index (χ0v) is 10.4. The molecule has 0 aromatic carbocycles. The lowest BCUT2D eigenvalue weighted by Gasteiger charge is -2.11. The number of ether oxygens (including phenoxy) is 1. The lowest BCUT2D eigenvalue weighted by Crippen LogP contribution is -2.28. The summed E-state index contributed by atoms with van der Waals surface area (Å²) in [5, 5.41) is 2.79. The average Bonchev–Trinajstić information content (AvgIpc) is 2.80. The van der Waals surface area contributed by atoms with Crippen LogP contribution in [0.1, 0.15) is 45.4 Å². The molecule has 1 N–H and O–H groups in total. The number of carbonyl (C=O) groups excluding carboxylic acids is 2. The van der Waals surface area contributed by atoms with Gasteiger partial charge in [-0.25, -0.2) is 0 Å². The molecule has 4 heteroatoms. The van der Waals surface area contributed by atoms with Gasteiger partial charge in [-0.05, 0) is 38.0 Å². The molecule has 1 amide bonds. The second kappa shape index (κ2) is 5.52. The van der Waals surface area contributed by atoms with Gasteiger partial charge in [0.25, 0.3) is 0 Å². The van der Waals surface area contributed by atoms with Crippen molar-refractivity contribution in [2.24, 2.45) is 11.8 Å². The predicted octanol–water partition coefficient (Wildman–Crippen LogP) is 1.63. The van der Waals surface area contributed by atoms with Gasteiger partial charge in [0.2, 0.25) is 5.91 Å². The van der Waals surface area contributed by atoms with Gasteiger partial charge in [-0.1, -0.05) is 6.92 Å². The number of rotatable bonds is 5. The van der Waals surface area contributed by atoms with Gasteiger partial charge in [0.15, 0.2) is 0 Å². The van der Waals surface area contributed by atoms with Crippen LogP contribution in [0.4, 0.5) is 0 Å². The van der Waals surface area contributed by atoms with Crippen LogP contribution in [0.15, 0.2) is 0 Å². The maximum atomic E-state index is 11.5. The summed E-state index contributed by atoms with van der Waals surface area (Å²) in [6, 6.07) is 0. The Balaban J connectivity index is 1.55. The van der Waals surface area contributed by atoms with Gasteiger partial charge >= 0.3 is 5.97 Å². The molecule has 0 aromatic rings. The summed E-state index contributed by atoms with van der Waals surface area (Å²) in [6.07, 6.45) is 5.72. The maximum absolute atomic E-state index is 11.5. The topological polar surface area (TPSA) is 55.4 Å². The lowest BCUT2D eigenvalue weighted by atomic mass is 10.3. The highest BCUT2D eigenvalue weighted by Gasteiger charge is 2.38. The highest BCUT2D eigenvalue weighted by molar-refractivity contribution is 5.81. The van der Waals surface area contributed by atoms with Gasteiger partial charge in [-0.15, -0.1) is 0 Å². The van der Waals surface area contributed by atoms with Crippen molar-refractivity contribution in [1.82, 2.24) is 5.32 Å². The lowest BCUT2D eigenvalue weighted by molar-refractivity contribution is -0.148. The molecule has 0 aliphatic heterocycles. The molecule has 2 aliphatic carbocycles. The molecular formula is C13H21NO3. The molecule has 4 nitrogen and oxygen atoms in total. The molecule has 2 aliphatic rings. The van der Waals surface area contributed by atoms with Gasteiger partial charge in [0.1, 0.15) is 6.10 Å². The Hall–Kier alpha value is -1.06. The van der Waals surface area contributed by atoms with Gasteiger partial charge in [0, 0.05) is 12.5 Å². The first-order valence-electron chi connectivity index (χ1n) is 6.64. The monoisotopic (exact) mass is 239 g/mol. The Morgan fingerprint density at radius 2 is 1.94 bits per heavy atom. The third-order valence-electron chi connectivity index (χ3n) is 3.67. The van der Waals surface area contributed by atoms with E-state index >= 15 is 0 Å². The van der Waals surface area contributed by atoms with Crippen LogP contribution in [0.25, 0.3) is 0 Å². The van der Waals surface area contributed by atoms with Crippen molar-refractivity contribution in [3.05, 3.63) is 0 Å². The van der Waals surface area contributed by atoms with Crippen LogP contribution in [-0.2, 0) is 14.3 Å². The number of amides is 1. The molecule has 17 heavy (non-hydrogen) atoms. The first kappa shape index (κ1) is 12.4. The van der Waals surface area contributed by atoms with Gasteiger partial charge in [-0.3, -0.25) is 9.59 Å². The number of carbonyl (C=O) groups is 2. The summed E-state index contributed by atoms with van der Waals surface area (Å²) in [5.74, 6) is 0.605. The van der Waals surface area contributed by atoms with E-state index in [0.29, 0.717) is 18.9 Å². The Kier molecular flexibility index (Phi) is 4.02. The van der Waals surface area contributed by atoms with E-state index in [0.717, 1.165) is 32.1 Å². The van der Waals surface area contributed by atoms with Crippen LogP contribution >= 0.6 is 0 Å². The summed E-state index contributed by atoms with van der Waals surface area (Å²) in [5.41, 5.74) is 0. The molecule has 0 aromatic heterocycles. The van der Waals surface area contributed by atoms with E-state index in [1.807, 2.05) is 0 Å². The average molecular weight is 239 g/mol. The minimum Gasteiger partial charge on any atom is -0.462 e. The third kappa shape index (κ3) is 3.72. The quantitative estimate of drug-likeness (QED) is 0.742. The number of hydrogen-bond acceptors (Lipinski definition) is 3. The second-order valence-electron chi connectivity index (χ2n) is 5.26. The fraction of sp³-hybridized carbons (Fsp3) is 0.846. The summed E-state index contributed by atoms with van der Waals surface area (Å²) < 4.78 is 5.30. The van der Waals surface area contributed by atoms with E-state index in [2.05, 4.69) is 12.2 Å². The van der Waals surface area contributed by atoms with Crippen molar-refractivity contribution in [2.75, 3.05) is 6.54 Å². The van der Waals surface area contributed by atoms with Crippen LogP contribution in [-0.4, -0.2) is 24.5 Å². The van der Waals surface area contributed by atoms with E-state index < -0.39 is 0 Å². The third-order valence-corrected chi connectivity index (χ3v) is 3.67. The summed E-state index contributed by atoms with van der Waals surface area (Å²) in [4.78, 5) is 22.9. The van der Waals surface area contributed by atoms with Crippen molar-refractivity contribution in [3.63, 3.8) is 0 Å². The molecule has 0 bridgehead atoms. The first-order valence-corrected chi connectivity index (χ1v) is 6.64. The van der Waals surface area contributed by atoms with Crippen molar-refractivity contribution in [1.29, 1.82) is 0 Å². The summed E-state index contributed by atoms with van der Waals surface area (Å²) in [7, 11) is 0. The van der Waals surface area contributed by atoms with E-state index in [1.54, 1.807) is 0 Å². The minimum atomic E-state index is -0.180. The van der Waals surface area contributed by atoms with Gasteiger partial charge in [0.05, 0.1) is 6.42 Å². The molecule has 0 heterocycles. The number of esters is 1. The standard InChI is InChI=1S/C13H21NO3/c1-9-8-11(9)13(16)14-7-6-12(15)17-10-4-2-3-5-10/h9-11H,2-8H2,1H3,(H,14,16)/t9-,11+/m0/s1. The molecule has 0 unspecified atom stereocenters. The van der Waals surface area contributed by atoms with Crippen LogP contribution in [0.3, 0.4) is 0 Å². The summed E-state index contributed by atoms with van der Waals surface area (Å²) >= 11 is 0. The van der Waals surface area contributed by atoms with E-state index in [1.165, 1.54) is 0 Å². The highest BCUT2D eigenvalue weighted by atomic mass is 16.5. The Morgan fingerprint density at radius 1 is 1.29 bits per heavy atom. The van der Waals surface area contributed by atoms with Crippen molar-refractivity contribution in [2.45, 2.75) is 51.6 Å². The molecule has 0 saturated heterocycles. The largest absolute Gasteiger partial charge is 0.462 e. The molecule has 96 valence electrons. The fourth-order valence-corrected chi connectivity index (χ4v) is 2.36. The smallest absolute Gasteiger partial charge is 0.307 e. The van der Waals surface area contributed by atoms with Crippen LogP contribution in [0.2, 0.25) is 0 Å². The molecular weight excluding hydrogens is 218 g/mol. The van der Waals surface area contributed by atoms with Crippen LogP contribution in [0, 0.1) is 11.8 Å². The van der Waals surface area contributed by atoms with E-state index in [-0.39, 0.29) is 23.9 Å². The Bertz CT molecular complexity index is 297. The zero-order valence-electron chi connectivity index (χ0n) is 10.4. The molecule has 2 atom stereocenters. The van der Waals surface area contributed by atoms with Crippen molar-refractivity contribution in [3.8, 4) is 0 Å². The van der Waals surface area contributed by atoms with E-state index in [4.69, 9.17) is 4.74 Å². The number of hydrogen-bond donors (Lipinski definition) is 1. The van der Waals surface area contributed by atoms with Crippen LogP contribution < -0.4 is 5.32 Å². The maximum Gasteiger partial charge on any atom is 0.307 e. The van der Waals surface area contributed by atoms with Crippen molar-refractivity contribution >= 4 is 11.9 Å². The fourth-order valence-electron chi connectivity index (χ4n) is 2.36. The molecule has 2 rings (SSSR count). The molecule has 0 spiro atoms. The SMILES string of the molecule is C[C@H]1C[C@H]1C(=O)NCCC(=O)OC1CCCC1. The van der Waals surface area contributed by atoms with Gasteiger partial charge in [-0.2, -0.15) is 0 Å². The normalized spacial score (nSPS) is 27.8. The summed E-state index contributed by atoms with van der Waals surface area (Å²) in [6.45, 7) is 2.48. The molecule has 0 radical (unpaired) electrons. The molecule has 2 saturated carbocycles. The first-order chi connectivity index (χ1) is 8.16. The van der Waals surface area contributed by atoms with Crippen molar-refractivity contribution < 1.29 is 14.3 Å². The minimum absolute atomic E-state index is 0.0890. The molecule has 2 fully saturated rings. The van der Waals surface area contributed by atoms with Crippen LogP contribution in [0.5, 0.6) is 0 Å². The Labute approximate surface area is 102 Å². The zero-order chi connectivity index (χ0) is 12.3.